The number of hydrogen-bond donors (Lipinski definition) is 3. The van der Waals surface area contributed by atoms with Crippen LogP contribution in [0.1, 0.15) is 27.2 Å². The molecule has 0 saturated heterocycles. The van der Waals surface area contributed by atoms with E-state index in [4.69, 9.17) is 4.74 Å². The lowest BCUT2D eigenvalue weighted by Gasteiger charge is -2.11. The second-order valence-electron chi connectivity index (χ2n) is 4.25. The van der Waals surface area contributed by atoms with Gasteiger partial charge in [-0.2, -0.15) is 15.0 Å². The van der Waals surface area contributed by atoms with Crippen LogP contribution in [0.5, 0.6) is 6.01 Å². The average molecular weight is 255 g/mol. The number of nitrogens with zero attached hydrogens (tertiary/aromatic N) is 3. The molecule has 1 atom stereocenters. The van der Waals surface area contributed by atoms with Crippen LogP contribution in [-0.4, -0.2) is 45.9 Å². The van der Waals surface area contributed by atoms with E-state index in [2.05, 4.69) is 25.6 Å². The van der Waals surface area contributed by atoms with Crippen molar-refractivity contribution in [2.24, 2.45) is 0 Å². The van der Waals surface area contributed by atoms with Crippen molar-refractivity contribution in [3.63, 3.8) is 0 Å². The molecule has 0 aromatic carbocycles. The lowest BCUT2D eigenvalue weighted by Crippen LogP contribution is -2.15. The van der Waals surface area contributed by atoms with E-state index in [1.54, 1.807) is 14.0 Å². The van der Waals surface area contributed by atoms with Crippen molar-refractivity contribution in [3.8, 4) is 6.01 Å². The first kappa shape index (κ1) is 14.4. The number of aliphatic hydroxyl groups excluding tert-OH is 1. The molecule has 0 radical (unpaired) electrons. The normalized spacial score (nSPS) is 12.3. The third kappa shape index (κ3) is 5.13. The minimum absolute atomic E-state index is 0.00224. The van der Waals surface area contributed by atoms with Gasteiger partial charge in [0.05, 0.1) is 12.2 Å². The van der Waals surface area contributed by atoms with Crippen LogP contribution in [0.3, 0.4) is 0 Å². The molecule has 1 aromatic heterocycles. The van der Waals surface area contributed by atoms with E-state index in [0.29, 0.717) is 24.9 Å². The van der Waals surface area contributed by atoms with Gasteiger partial charge in [0.25, 0.3) is 0 Å². The maximum Gasteiger partial charge on any atom is 0.323 e. The highest BCUT2D eigenvalue weighted by Gasteiger charge is 2.08. The molecule has 18 heavy (non-hydrogen) atoms. The molecule has 0 spiro atoms. The van der Waals surface area contributed by atoms with Crippen LogP contribution in [0.15, 0.2) is 0 Å². The van der Waals surface area contributed by atoms with Crippen molar-refractivity contribution < 1.29 is 9.84 Å². The van der Waals surface area contributed by atoms with E-state index in [-0.39, 0.29) is 18.2 Å². The lowest BCUT2D eigenvalue weighted by molar-refractivity contribution is 0.188. The van der Waals surface area contributed by atoms with Crippen molar-refractivity contribution >= 4 is 11.9 Å². The summed E-state index contributed by atoms with van der Waals surface area (Å²) in [5, 5.41) is 15.0. The number of ether oxygens (including phenoxy) is 1. The molecule has 0 saturated carbocycles. The topological polar surface area (TPSA) is 92.2 Å². The number of aromatic nitrogens is 3. The highest BCUT2D eigenvalue weighted by molar-refractivity contribution is 5.35. The fourth-order valence-electron chi connectivity index (χ4n) is 1.20. The van der Waals surface area contributed by atoms with Gasteiger partial charge in [-0.1, -0.05) is 0 Å². The van der Waals surface area contributed by atoms with Crippen LogP contribution >= 0.6 is 0 Å². The van der Waals surface area contributed by atoms with Crippen LogP contribution in [0.2, 0.25) is 0 Å². The number of anilines is 2. The van der Waals surface area contributed by atoms with Gasteiger partial charge in [-0.25, -0.2) is 0 Å². The Hall–Kier alpha value is -1.63. The summed E-state index contributed by atoms with van der Waals surface area (Å²) < 4.78 is 5.43. The smallest absolute Gasteiger partial charge is 0.323 e. The zero-order chi connectivity index (χ0) is 13.5. The van der Waals surface area contributed by atoms with E-state index >= 15 is 0 Å². The van der Waals surface area contributed by atoms with E-state index < -0.39 is 0 Å². The number of rotatable bonds is 7. The van der Waals surface area contributed by atoms with Gasteiger partial charge in [0.1, 0.15) is 0 Å². The van der Waals surface area contributed by atoms with Gasteiger partial charge in [0, 0.05) is 13.6 Å². The Morgan fingerprint density at radius 1 is 1.17 bits per heavy atom. The molecule has 0 aliphatic heterocycles. The summed E-state index contributed by atoms with van der Waals surface area (Å²) in [5.41, 5.74) is 0. The minimum atomic E-state index is -0.352. The molecule has 1 unspecified atom stereocenters. The van der Waals surface area contributed by atoms with Crippen LogP contribution < -0.4 is 15.4 Å². The summed E-state index contributed by atoms with van der Waals surface area (Å²) in [6.45, 7) is 6.14. The predicted molar refractivity (Wildman–Crippen MR) is 69.9 cm³/mol. The van der Waals surface area contributed by atoms with Crippen molar-refractivity contribution in [3.05, 3.63) is 0 Å². The SMILES string of the molecule is CNc1nc(NCCC(C)O)nc(OC(C)C)n1. The second-order valence-corrected chi connectivity index (χ2v) is 4.25. The van der Waals surface area contributed by atoms with Crippen LogP contribution in [0, 0.1) is 0 Å². The minimum Gasteiger partial charge on any atom is -0.461 e. The molecule has 0 fully saturated rings. The summed E-state index contributed by atoms with van der Waals surface area (Å²) in [5.74, 6) is 0.880. The third-order valence-electron chi connectivity index (χ3n) is 2.02. The Morgan fingerprint density at radius 3 is 2.39 bits per heavy atom. The molecule has 1 rings (SSSR count). The molecule has 102 valence electrons. The van der Waals surface area contributed by atoms with Gasteiger partial charge in [0.15, 0.2) is 0 Å². The van der Waals surface area contributed by atoms with Gasteiger partial charge in [0.2, 0.25) is 11.9 Å². The molecule has 3 N–H and O–H groups in total. The number of hydrogen-bond acceptors (Lipinski definition) is 7. The van der Waals surface area contributed by atoms with E-state index in [9.17, 15) is 5.11 Å². The molecular formula is C11H21N5O2. The predicted octanol–water partition coefficient (Wildman–Crippen LogP) is 0.883. The Bertz CT molecular complexity index is 370. The molecule has 1 heterocycles. The van der Waals surface area contributed by atoms with Crippen molar-refractivity contribution in [2.45, 2.75) is 39.4 Å². The first-order valence-corrected chi connectivity index (χ1v) is 6.03. The molecule has 0 bridgehead atoms. The molecule has 0 amide bonds. The molecule has 1 aromatic rings. The van der Waals surface area contributed by atoms with Crippen LogP contribution in [0.4, 0.5) is 11.9 Å². The monoisotopic (exact) mass is 255 g/mol. The Labute approximate surface area is 107 Å². The third-order valence-corrected chi connectivity index (χ3v) is 2.02. The first-order chi connectivity index (χ1) is 8.51. The Kier molecular flexibility index (Phi) is 5.57. The van der Waals surface area contributed by atoms with Crippen molar-refractivity contribution in [2.75, 3.05) is 24.2 Å². The molecule has 0 aliphatic carbocycles. The van der Waals surface area contributed by atoms with Gasteiger partial charge >= 0.3 is 6.01 Å². The number of nitrogens with one attached hydrogen (secondary N) is 2. The second kappa shape index (κ2) is 6.95. The average Bonchev–Trinajstić information content (AvgIpc) is 2.27. The fraction of sp³-hybridized carbons (Fsp3) is 0.727. The fourth-order valence-corrected chi connectivity index (χ4v) is 1.20. The largest absolute Gasteiger partial charge is 0.461 e. The standard InChI is InChI=1S/C11H21N5O2/c1-7(2)18-11-15-9(12-4)14-10(16-11)13-6-5-8(3)17/h7-8,17H,5-6H2,1-4H3,(H2,12,13,14,15,16). The van der Waals surface area contributed by atoms with Crippen molar-refractivity contribution in [1.29, 1.82) is 0 Å². The van der Waals surface area contributed by atoms with Gasteiger partial charge in [-0.05, 0) is 27.2 Å². The van der Waals surface area contributed by atoms with Crippen LogP contribution in [-0.2, 0) is 0 Å². The Morgan fingerprint density at radius 2 is 1.83 bits per heavy atom. The Balaban J connectivity index is 2.70. The first-order valence-electron chi connectivity index (χ1n) is 6.03. The van der Waals surface area contributed by atoms with Crippen LogP contribution in [0.25, 0.3) is 0 Å². The summed E-state index contributed by atoms with van der Waals surface area (Å²) in [7, 11) is 1.73. The van der Waals surface area contributed by atoms with Gasteiger partial charge in [-0.15, -0.1) is 0 Å². The highest BCUT2D eigenvalue weighted by Crippen LogP contribution is 2.12. The van der Waals surface area contributed by atoms with Crippen molar-refractivity contribution in [1.82, 2.24) is 15.0 Å². The highest BCUT2D eigenvalue weighted by atomic mass is 16.5. The summed E-state index contributed by atoms with van der Waals surface area (Å²) in [6, 6.07) is 0.281. The van der Waals surface area contributed by atoms with E-state index in [1.807, 2.05) is 13.8 Å². The summed E-state index contributed by atoms with van der Waals surface area (Å²) >= 11 is 0. The maximum absolute atomic E-state index is 9.17. The molecule has 0 aliphatic rings. The van der Waals surface area contributed by atoms with Gasteiger partial charge in [-0.3, -0.25) is 0 Å². The zero-order valence-electron chi connectivity index (χ0n) is 11.3. The van der Waals surface area contributed by atoms with E-state index in [1.165, 1.54) is 0 Å². The lowest BCUT2D eigenvalue weighted by atomic mass is 10.3. The van der Waals surface area contributed by atoms with Gasteiger partial charge < -0.3 is 20.5 Å². The summed E-state index contributed by atoms with van der Waals surface area (Å²) in [6.07, 6.45) is 0.276. The quantitative estimate of drug-likeness (QED) is 0.666. The maximum atomic E-state index is 9.17. The van der Waals surface area contributed by atoms with E-state index in [0.717, 1.165) is 0 Å². The molecular weight excluding hydrogens is 234 g/mol. The zero-order valence-corrected chi connectivity index (χ0v) is 11.3. The molecule has 7 heteroatoms. The summed E-state index contributed by atoms with van der Waals surface area (Å²) in [4.78, 5) is 12.4. The molecule has 7 nitrogen and oxygen atoms in total. The number of aliphatic hydroxyl groups is 1.